The lowest BCUT2D eigenvalue weighted by molar-refractivity contribution is 0.0942. The second-order valence-electron chi connectivity index (χ2n) is 5.11. The van der Waals surface area contributed by atoms with Crippen molar-refractivity contribution >= 4 is 46.5 Å². The molecule has 3 rings (SSSR count). The zero-order chi connectivity index (χ0) is 18.8. The molecule has 0 bridgehead atoms. The number of aromatic nitrogens is 4. The Morgan fingerprint density at radius 1 is 1.27 bits per heavy atom. The van der Waals surface area contributed by atoms with Crippen LogP contribution in [0.1, 0.15) is 16.3 Å². The smallest absolute Gasteiger partial charge is 0.276 e. The SMILES string of the molecule is Nc1ccnc(CNC(=O)c2nn(-c3c(Cl)cc(Cl)cc3Cl)cc2O)n1. The van der Waals surface area contributed by atoms with Crippen molar-refractivity contribution in [3.63, 3.8) is 0 Å². The van der Waals surface area contributed by atoms with Crippen molar-refractivity contribution in [2.45, 2.75) is 6.54 Å². The normalized spacial score (nSPS) is 10.7. The predicted octanol–water partition coefficient (Wildman–Crippen LogP) is 2.84. The highest BCUT2D eigenvalue weighted by Gasteiger charge is 2.20. The minimum atomic E-state index is -0.631. The number of amides is 1. The van der Waals surface area contributed by atoms with Crippen LogP contribution in [-0.2, 0) is 6.54 Å². The summed E-state index contributed by atoms with van der Waals surface area (Å²) in [6, 6.07) is 4.47. The van der Waals surface area contributed by atoms with Gasteiger partial charge in [-0.05, 0) is 18.2 Å². The van der Waals surface area contributed by atoms with Crippen molar-refractivity contribution in [1.29, 1.82) is 0 Å². The summed E-state index contributed by atoms with van der Waals surface area (Å²) in [4.78, 5) is 20.2. The molecule has 0 spiro atoms. The van der Waals surface area contributed by atoms with Gasteiger partial charge < -0.3 is 16.2 Å². The van der Waals surface area contributed by atoms with E-state index in [9.17, 15) is 9.90 Å². The van der Waals surface area contributed by atoms with E-state index in [2.05, 4.69) is 20.4 Å². The summed E-state index contributed by atoms with van der Waals surface area (Å²) in [5.41, 5.74) is 5.62. The Labute approximate surface area is 162 Å². The molecule has 0 aliphatic heterocycles. The minimum Gasteiger partial charge on any atom is -0.504 e. The van der Waals surface area contributed by atoms with Gasteiger partial charge in [0, 0.05) is 11.2 Å². The predicted molar refractivity (Wildman–Crippen MR) is 97.9 cm³/mol. The number of anilines is 1. The Bertz CT molecular complexity index is 968. The molecule has 0 unspecified atom stereocenters. The maximum Gasteiger partial charge on any atom is 0.276 e. The molecule has 4 N–H and O–H groups in total. The van der Waals surface area contributed by atoms with Crippen molar-refractivity contribution < 1.29 is 9.90 Å². The van der Waals surface area contributed by atoms with E-state index < -0.39 is 5.91 Å². The first-order valence-electron chi connectivity index (χ1n) is 7.14. The van der Waals surface area contributed by atoms with Crippen LogP contribution in [0.3, 0.4) is 0 Å². The Hall–Kier alpha value is -2.55. The van der Waals surface area contributed by atoms with E-state index in [0.717, 1.165) is 0 Å². The highest BCUT2D eigenvalue weighted by atomic mass is 35.5. The molecule has 0 saturated carbocycles. The number of carbonyl (C=O) groups is 1. The number of hydrogen-bond acceptors (Lipinski definition) is 6. The Balaban J connectivity index is 1.83. The lowest BCUT2D eigenvalue weighted by Crippen LogP contribution is -2.24. The minimum absolute atomic E-state index is 0.0125. The topological polar surface area (TPSA) is 119 Å². The van der Waals surface area contributed by atoms with Crippen molar-refractivity contribution in [3.05, 3.63) is 57.2 Å². The van der Waals surface area contributed by atoms with Gasteiger partial charge in [-0.3, -0.25) is 4.79 Å². The molecule has 11 heteroatoms. The van der Waals surface area contributed by atoms with E-state index in [1.807, 2.05) is 0 Å². The van der Waals surface area contributed by atoms with Crippen LogP contribution < -0.4 is 11.1 Å². The van der Waals surface area contributed by atoms with Gasteiger partial charge in [0.1, 0.15) is 17.3 Å². The molecule has 0 fully saturated rings. The molecule has 2 aromatic heterocycles. The highest BCUT2D eigenvalue weighted by Crippen LogP contribution is 2.33. The van der Waals surface area contributed by atoms with Gasteiger partial charge in [-0.15, -0.1) is 0 Å². The van der Waals surface area contributed by atoms with Gasteiger partial charge in [0.15, 0.2) is 11.4 Å². The quantitative estimate of drug-likeness (QED) is 0.605. The Morgan fingerprint density at radius 2 is 1.96 bits per heavy atom. The number of hydrogen-bond donors (Lipinski definition) is 3. The number of benzene rings is 1. The summed E-state index contributed by atoms with van der Waals surface area (Å²) >= 11 is 18.1. The van der Waals surface area contributed by atoms with Gasteiger partial charge in [-0.25, -0.2) is 14.6 Å². The molecule has 26 heavy (non-hydrogen) atoms. The first-order valence-corrected chi connectivity index (χ1v) is 8.27. The summed E-state index contributed by atoms with van der Waals surface area (Å²) in [6.45, 7) is 0.0125. The maximum absolute atomic E-state index is 12.3. The number of nitrogens with one attached hydrogen (secondary N) is 1. The first-order chi connectivity index (χ1) is 12.3. The molecule has 0 atom stereocenters. The first kappa shape index (κ1) is 18.2. The summed E-state index contributed by atoms with van der Waals surface area (Å²) in [6.07, 6.45) is 2.69. The Kier molecular flexibility index (Phi) is 5.17. The standard InChI is InChI=1S/C15H11Cl3N6O2/c16-7-3-8(17)14(9(18)4-7)24-6-10(25)13(23-24)15(26)21-5-12-20-2-1-11(19)22-12/h1-4,6,25H,5H2,(H,21,26)(H2,19,20,22). The number of carbonyl (C=O) groups excluding carboxylic acids is 1. The highest BCUT2D eigenvalue weighted by molar-refractivity contribution is 6.40. The van der Waals surface area contributed by atoms with Crippen LogP contribution in [0, 0.1) is 0 Å². The van der Waals surface area contributed by atoms with Gasteiger partial charge in [-0.1, -0.05) is 34.8 Å². The number of nitrogen functional groups attached to an aromatic ring is 1. The largest absolute Gasteiger partial charge is 0.504 e. The Morgan fingerprint density at radius 3 is 2.62 bits per heavy atom. The van der Waals surface area contributed by atoms with Gasteiger partial charge in [0.2, 0.25) is 0 Å². The van der Waals surface area contributed by atoms with Crippen LogP contribution in [0.2, 0.25) is 15.1 Å². The number of rotatable bonds is 4. The lowest BCUT2D eigenvalue weighted by atomic mass is 10.3. The second kappa shape index (κ2) is 7.36. The molecule has 134 valence electrons. The zero-order valence-corrected chi connectivity index (χ0v) is 15.2. The van der Waals surface area contributed by atoms with Gasteiger partial charge in [0.25, 0.3) is 5.91 Å². The molecular weight excluding hydrogens is 403 g/mol. The molecule has 0 aliphatic rings. The molecule has 2 heterocycles. The monoisotopic (exact) mass is 412 g/mol. The van der Waals surface area contributed by atoms with Crippen LogP contribution in [0.15, 0.2) is 30.6 Å². The molecule has 0 saturated heterocycles. The molecule has 0 aliphatic carbocycles. The summed E-state index contributed by atoms with van der Waals surface area (Å²) < 4.78 is 1.20. The molecule has 0 radical (unpaired) electrons. The van der Waals surface area contributed by atoms with Gasteiger partial charge >= 0.3 is 0 Å². The fourth-order valence-corrected chi connectivity index (χ4v) is 3.13. The third-order valence-corrected chi connectivity index (χ3v) is 4.05. The van der Waals surface area contributed by atoms with E-state index in [1.165, 1.54) is 35.3 Å². The van der Waals surface area contributed by atoms with E-state index in [-0.39, 0.29) is 39.5 Å². The van der Waals surface area contributed by atoms with Gasteiger partial charge in [-0.2, -0.15) is 5.10 Å². The van der Waals surface area contributed by atoms with Gasteiger partial charge in [0.05, 0.1) is 22.8 Å². The van der Waals surface area contributed by atoms with E-state index in [0.29, 0.717) is 10.8 Å². The molecule has 3 aromatic rings. The molecule has 8 nitrogen and oxygen atoms in total. The average molecular weight is 414 g/mol. The van der Waals surface area contributed by atoms with Crippen molar-refractivity contribution in [1.82, 2.24) is 25.1 Å². The van der Waals surface area contributed by atoms with Crippen LogP contribution in [0.25, 0.3) is 5.69 Å². The zero-order valence-electron chi connectivity index (χ0n) is 12.9. The third-order valence-electron chi connectivity index (χ3n) is 3.25. The van der Waals surface area contributed by atoms with Crippen molar-refractivity contribution in [2.75, 3.05) is 5.73 Å². The lowest BCUT2D eigenvalue weighted by Gasteiger charge is -2.07. The van der Waals surface area contributed by atoms with Crippen LogP contribution in [0.5, 0.6) is 5.75 Å². The van der Waals surface area contributed by atoms with Crippen LogP contribution in [0.4, 0.5) is 5.82 Å². The molecular formula is C15H11Cl3N6O2. The summed E-state index contributed by atoms with van der Waals surface area (Å²) in [7, 11) is 0. The molecule has 1 amide bonds. The van der Waals surface area contributed by atoms with Crippen LogP contribution >= 0.6 is 34.8 Å². The maximum atomic E-state index is 12.3. The summed E-state index contributed by atoms with van der Waals surface area (Å²) in [5.74, 6) is -0.379. The number of nitrogens with zero attached hydrogens (tertiary/aromatic N) is 4. The van der Waals surface area contributed by atoms with Crippen LogP contribution in [-0.4, -0.2) is 30.8 Å². The van der Waals surface area contributed by atoms with Crippen molar-refractivity contribution in [2.24, 2.45) is 0 Å². The second-order valence-corrected chi connectivity index (χ2v) is 6.36. The van der Waals surface area contributed by atoms with Crippen molar-refractivity contribution in [3.8, 4) is 11.4 Å². The fourth-order valence-electron chi connectivity index (χ4n) is 2.14. The van der Waals surface area contributed by atoms with E-state index in [4.69, 9.17) is 40.5 Å². The number of aromatic hydroxyl groups is 1. The fraction of sp³-hybridized carbons (Fsp3) is 0.0667. The summed E-state index contributed by atoms with van der Waals surface area (Å²) in [5, 5.41) is 17.4. The average Bonchev–Trinajstić information content (AvgIpc) is 2.93. The number of halogens is 3. The van der Waals surface area contributed by atoms with E-state index >= 15 is 0 Å². The molecule has 1 aromatic carbocycles. The third kappa shape index (κ3) is 3.82. The number of nitrogens with two attached hydrogens (primary N) is 1. The van der Waals surface area contributed by atoms with E-state index in [1.54, 1.807) is 0 Å².